The van der Waals surface area contributed by atoms with E-state index in [-0.39, 0.29) is 46.1 Å². The minimum absolute atomic E-state index is 0.0178. The van der Waals surface area contributed by atoms with Gasteiger partial charge < -0.3 is 155 Å². The lowest BCUT2D eigenvalue weighted by Crippen LogP contribution is -2.55. The molecule has 0 radical (unpaired) electrons. The van der Waals surface area contributed by atoms with E-state index >= 15 is 17.6 Å². The maximum atomic E-state index is 15.3. The molecule has 11 heterocycles. The van der Waals surface area contributed by atoms with Gasteiger partial charge in [-0.15, -0.1) is 6.42 Å². The first kappa shape index (κ1) is 103. The van der Waals surface area contributed by atoms with Crippen LogP contribution >= 0.6 is 46.9 Å². The van der Waals surface area contributed by atoms with Crippen LogP contribution in [-0.4, -0.2) is 294 Å². The SMILES string of the molecule is C#C[C@]1(O)[C@H](N2C=CC(=O)NC2=C)O[C@](F)(CO)[C@H]1O.C=C1N=C(N)C=CN1[C@@H]1O[C@](F)(CO)[C@@H](O)[C@@]1(C)F.C=C1NC(=O)C=CN1[C@@H]1O[C@](F)(CO)[C@@H](O)[C@@]1(C)F.C=C1NC(=O)C=CN1[C@@H]1O[C@](F)(COP(=O)(O)OP(=O)(O)OP(=O)(O)O)[C@@H](O)[C@@]1(C)F.Cc1nc2c(ncn2[C@@H]2O[C@](F)(COP(=O)(O)OP(=O)(O)OP(=O)(O)O)[C@@H](O)[C@@]2(C)F)c(=O)[nH]1. The number of halogens is 9. The van der Waals surface area contributed by atoms with E-state index < -0.39 is 222 Å². The third-order valence-electron chi connectivity index (χ3n) is 17.7. The number of nitrogens with two attached hydrogens (primary N) is 1. The molecule has 9 aliphatic heterocycles. The van der Waals surface area contributed by atoms with Crippen LogP contribution in [0.5, 0.6) is 0 Å². The number of hydrogen-bond donors (Lipinski definition) is 22. The smallest absolute Gasteiger partial charge is 0.390 e. The fourth-order valence-corrected chi connectivity index (χ4v) is 17.9. The summed E-state index contributed by atoms with van der Waals surface area (Å²) in [5.41, 5.74) is -9.12. The number of terminal acetylenes is 1. The summed E-state index contributed by atoms with van der Waals surface area (Å²) in [6, 6.07) is 0. The number of ether oxygens (including phenoxy) is 5. The van der Waals surface area contributed by atoms with Gasteiger partial charge in [0.05, 0.1) is 6.33 Å². The van der Waals surface area contributed by atoms with Gasteiger partial charge >= 0.3 is 46.9 Å². The van der Waals surface area contributed by atoms with Crippen molar-refractivity contribution in [3.63, 3.8) is 0 Å². The topological polar surface area (TPSA) is 750 Å². The van der Waals surface area contributed by atoms with Gasteiger partial charge in [0.2, 0.25) is 5.60 Å². The zero-order valence-corrected chi connectivity index (χ0v) is 68.2. The Kier molecular flexibility index (Phi) is 30.0. The van der Waals surface area contributed by atoms with Gasteiger partial charge in [-0.3, -0.25) is 32.8 Å². The Labute approximate surface area is 682 Å². The summed E-state index contributed by atoms with van der Waals surface area (Å²) >= 11 is 0. The van der Waals surface area contributed by atoms with E-state index in [0.717, 1.165) is 68.8 Å². The number of aliphatic imine (C=N–C) groups is 1. The van der Waals surface area contributed by atoms with Crippen LogP contribution in [0.3, 0.4) is 0 Å². The summed E-state index contributed by atoms with van der Waals surface area (Å²) in [6.45, 7) is 11.5. The molecule has 9 aliphatic rings. The molecule has 11 rings (SSSR count). The van der Waals surface area contributed by atoms with Crippen molar-refractivity contribution >= 4 is 81.7 Å². The van der Waals surface area contributed by atoms with Crippen molar-refractivity contribution in [1.29, 1.82) is 0 Å². The Hall–Kier alpha value is -7.46. The first-order chi connectivity index (χ1) is 55.8. The minimum atomic E-state index is -5.90. The lowest BCUT2D eigenvalue weighted by molar-refractivity contribution is -0.210. The molecule has 66 heteroatoms. The molecule has 0 spiro atoms. The maximum absolute atomic E-state index is 15.3. The summed E-state index contributed by atoms with van der Waals surface area (Å²) in [7, 11) is -34.7. The van der Waals surface area contributed by atoms with Crippen molar-refractivity contribution in [3.8, 4) is 12.3 Å². The molecule has 3 amide bonds. The number of fused-ring (bicyclic) bond motifs is 1. The predicted octanol–water partition coefficient (Wildman–Crippen LogP) is -2.69. The fourth-order valence-electron chi connectivity index (χ4n) is 11.8. The van der Waals surface area contributed by atoms with Gasteiger partial charge in [0.1, 0.15) is 68.0 Å². The highest BCUT2D eigenvalue weighted by Crippen LogP contribution is 2.68. The summed E-state index contributed by atoms with van der Waals surface area (Å²) in [5, 5.41) is 93.1. The average Bonchev–Trinajstić information content (AvgIpc) is 1.59. The zero-order valence-electron chi connectivity index (χ0n) is 62.8. The fraction of sp³-hybridized carbons (Fsp3) is 0.526. The predicted molar refractivity (Wildman–Crippen MR) is 381 cm³/mol. The van der Waals surface area contributed by atoms with E-state index in [1.807, 2.05) is 5.92 Å². The highest BCUT2D eigenvalue weighted by Gasteiger charge is 2.71. The van der Waals surface area contributed by atoms with Crippen molar-refractivity contribution in [1.82, 2.24) is 55.1 Å². The molecule has 123 heavy (non-hydrogen) atoms. The Morgan fingerprint density at radius 3 is 1.16 bits per heavy atom. The van der Waals surface area contributed by atoms with E-state index in [9.17, 15) is 109 Å². The van der Waals surface area contributed by atoms with Crippen molar-refractivity contribution < 1.29 is 216 Å². The quantitative estimate of drug-likeness (QED) is 0.0324. The number of carbonyl (C=O) groups is 3. The number of H-pyrrole nitrogens is 1. The number of amidine groups is 1. The molecule has 2 aromatic heterocycles. The number of aliphatic hydroxyl groups is 9. The van der Waals surface area contributed by atoms with Crippen molar-refractivity contribution in [2.75, 3.05) is 33.0 Å². The van der Waals surface area contributed by atoms with Crippen LogP contribution in [-0.2, 0) is 91.7 Å². The molecule has 23 N–H and O–H groups in total. The van der Waals surface area contributed by atoms with Crippen molar-refractivity contribution in [2.24, 2.45) is 10.7 Å². The molecular weight excluding hydrogens is 1830 g/mol. The minimum Gasteiger partial charge on any atom is -0.390 e. The van der Waals surface area contributed by atoms with Crippen LogP contribution in [0.4, 0.5) is 39.5 Å². The molecule has 4 unspecified atom stereocenters. The second-order valence-electron chi connectivity index (χ2n) is 27.2. The zero-order chi connectivity index (χ0) is 93.9. The number of nitrogens with one attached hydrogen (secondary N) is 4. The van der Waals surface area contributed by atoms with Crippen molar-refractivity contribution in [2.45, 2.75) is 154 Å². The molecule has 2 aromatic rings. The highest BCUT2D eigenvalue weighted by molar-refractivity contribution is 7.67. The van der Waals surface area contributed by atoms with Gasteiger partial charge in [0, 0.05) is 43.0 Å². The van der Waals surface area contributed by atoms with E-state index in [1.165, 1.54) is 31.6 Å². The number of phosphoric ester groups is 2. The van der Waals surface area contributed by atoms with Gasteiger partial charge in [-0.1, -0.05) is 32.2 Å². The van der Waals surface area contributed by atoms with Crippen LogP contribution in [0.1, 0.15) is 39.7 Å². The van der Waals surface area contributed by atoms with Crippen molar-refractivity contribution in [3.05, 3.63) is 121 Å². The average molecular weight is 1910 g/mol. The summed E-state index contributed by atoms with van der Waals surface area (Å²) < 4.78 is 246. The summed E-state index contributed by atoms with van der Waals surface area (Å²) in [5.74, 6) is -15.6. The van der Waals surface area contributed by atoms with Gasteiger partial charge in [-0.2, -0.15) is 17.2 Å². The number of rotatable bonds is 22. The Balaban J connectivity index is 0.000000216. The number of aromatic nitrogens is 4. The number of aromatic amines is 1. The molecule has 0 aliphatic carbocycles. The second-order valence-corrected chi connectivity index (χ2v) is 36.0. The van der Waals surface area contributed by atoms with Crippen LogP contribution in [0.25, 0.3) is 11.2 Å². The molecule has 51 nitrogen and oxygen atoms in total. The molecule has 5 saturated heterocycles. The third-order valence-corrected chi connectivity index (χ3v) is 25.2. The first-order valence-corrected chi connectivity index (χ1v) is 42.2. The number of carbonyl (C=O) groups excluding carboxylic acids is 3. The molecule has 0 bridgehead atoms. The van der Waals surface area contributed by atoms with Crippen LogP contribution < -0.4 is 27.2 Å². The molecule has 0 aromatic carbocycles. The standard InChI is InChI=1S/C12H17F2N4O13P3.C12H13FN2O5.C11H15F2N3O3.C11H17F2N2O13P3.C11H14F2N2O4/c1-5-16-7-6(8(19)17-5)15-4-18(7)10-11(2,13)9(20)12(14,29-10)3-28-33(24,25)31-34(26,27)30-32(21,22)23;1-3-11(19)9(18)12(13,6-16)20-10(11)15-5-4-8(17)14-7(15)2;1-6-15-7(14)3-4-16(6)9-10(2,12)8(18)11(13,5-17)19-9;1-6-14-7(16)3-4-15(6)9-10(2,12)8(17)11(13,26-9)5-25-30(21,22)28-31(23,24)27-29(18,19)20;1-6-14-7(17)3-4-15(6)9-10(2,12)8(18)11(13,5-16)19-9/h4,9-10,20H,3H2,1-2H3,(H,24,25)(H,26,27)(H,16,17,19)(H2,21,22,23);1,4-5,9-10,16,18-19H,2,6H2,(H,14,17);3-4,8-9,17-18H,1,5H2,2H3,(H2,14,15);3-4,8-9,17H,1,5H2,2H3,(H,14,16)(H,21,22)(H,23,24)(H2,18,19,20);3-4,8-9,16,18H,1,5H2,2H3,(H,14,17)/t2*9-,10+,11+,12+;3*8-,9+,10+,11+/m00000/s1. The lowest BCUT2D eigenvalue weighted by atomic mass is 9.93. The first-order valence-electron chi connectivity index (χ1n) is 33.2. The molecular formula is C57H76F9N13O38P6. The van der Waals surface area contributed by atoms with Crippen LogP contribution in [0.15, 0.2) is 115 Å². The molecule has 690 valence electrons. The van der Waals surface area contributed by atoms with E-state index in [1.54, 1.807) is 0 Å². The van der Waals surface area contributed by atoms with Crippen LogP contribution in [0, 0.1) is 19.3 Å². The Bertz CT molecular complexity index is 5060. The number of imidazole rings is 1. The molecule has 24 atom stereocenters. The monoisotopic (exact) mass is 1910 g/mol. The number of amides is 3. The highest BCUT2D eigenvalue weighted by atomic mass is 31.3. The number of nitrogens with zero attached hydrogens (tertiary/aromatic N) is 8. The number of hydrogen-bond acceptors (Lipinski definition) is 38. The summed E-state index contributed by atoms with van der Waals surface area (Å²) in [6.07, 6.45) is -5.46. The third kappa shape index (κ3) is 22.4. The second kappa shape index (κ2) is 36.0. The largest absolute Gasteiger partial charge is 0.490 e. The number of aryl methyl sites for hydroxylation is 1. The maximum Gasteiger partial charge on any atom is 0.490 e. The van der Waals surface area contributed by atoms with Gasteiger partial charge in [-0.25, -0.2) is 81.9 Å². The lowest BCUT2D eigenvalue weighted by Gasteiger charge is -2.36. The molecule has 5 fully saturated rings. The van der Waals surface area contributed by atoms with Gasteiger partial charge in [-0.05, 0) is 40.7 Å². The number of aliphatic hydroxyl groups excluding tert-OH is 8. The van der Waals surface area contributed by atoms with Gasteiger partial charge in [0.25, 0.3) is 52.6 Å². The van der Waals surface area contributed by atoms with E-state index in [4.69, 9.17) is 80.5 Å². The van der Waals surface area contributed by atoms with E-state index in [0.29, 0.717) is 13.8 Å². The Morgan fingerprint density at radius 2 is 0.821 bits per heavy atom. The normalized spacial score (nSPS) is 37.4. The van der Waals surface area contributed by atoms with E-state index in [2.05, 4.69) is 88.5 Å². The molecule has 0 saturated carbocycles. The number of alkyl halides is 9. The van der Waals surface area contributed by atoms with Crippen LogP contribution in [0.2, 0.25) is 0 Å². The number of phosphoric acid groups is 6. The summed E-state index contributed by atoms with van der Waals surface area (Å²) in [4.78, 5) is 134. The van der Waals surface area contributed by atoms with Gasteiger partial charge in [0.15, 0.2) is 95.5 Å². The Morgan fingerprint density at radius 1 is 0.504 bits per heavy atom.